The topological polar surface area (TPSA) is 58.6 Å². The van der Waals surface area contributed by atoms with E-state index in [0.29, 0.717) is 6.42 Å². The van der Waals surface area contributed by atoms with Gasteiger partial charge in [-0.15, -0.1) is 0 Å². The number of ether oxygens (including phenoxy) is 1. The van der Waals surface area contributed by atoms with Crippen LogP contribution in [0.3, 0.4) is 0 Å². The zero-order chi connectivity index (χ0) is 26.2. The molecule has 0 saturated heterocycles. The molecule has 0 spiro atoms. The highest BCUT2D eigenvalue weighted by Crippen LogP contribution is 2.17. The van der Waals surface area contributed by atoms with Gasteiger partial charge in [0, 0.05) is 6.04 Å². The van der Waals surface area contributed by atoms with Crippen LogP contribution in [0, 0.1) is 11.8 Å². The van der Waals surface area contributed by atoms with Crippen molar-refractivity contribution in [1.82, 2.24) is 5.32 Å². The van der Waals surface area contributed by atoms with E-state index in [4.69, 9.17) is 4.74 Å². The fourth-order valence-corrected chi connectivity index (χ4v) is 4.62. The van der Waals surface area contributed by atoms with Gasteiger partial charge in [-0.2, -0.15) is 0 Å². The zero-order valence-corrected chi connectivity index (χ0v) is 24.4. The lowest BCUT2D eigenvalue weighted by Crippen LogP contribution is -2.36. The Labute approximate surface area is 219 Å². The third-order valence-corrected chi connectivity index (χ3v) is 7.12. The van der Waals surface area contributed by atoms with E-state index in [1.54, 1.807) is 0 Å². The Morgan fingerprint density at radius 3 is 1.31 bits per heavy atom. The molecule has 0 radical (unpaired) electrons. The second-order valence-electron chi connectivity index (χ2n) is 11.7. The lowest BCUT2D eigenvalue weighted by atomic mass is 9.99. The van der Waals surface area contributed by atoms with Crippen LogP contribution in [0.5, 0.6) is 0 Å². The van der Waals surface area contributed by atoms with Crippen molar-refractivity contribution in [1.29, 1.82) is 0 Å². The molecule has 0 aromatic carbocycles. The Kier molecular flexibility index (Phi) is 24.4. The summed E-state index contributed by atoms with van der Waals surface area (Å²) in [5.74, 6) is 1.67. The van der Waals surface area contributed by atoms with E-state index < -0.39 is 6.10 Å². The molecule has 0 aliphatic rings. The maximum atomic E-state index is 12.2. The van der Waals surface area contributed by atoms with E-state index in [1.807, 2.05) is 6.92 Å². The molecule has 0 bridgehead atoms. The summed E-state index contributed by atoms with van der Waals surface area (Å²) in [6.07, 6.45) is 24.2. The number of hydrogen-bond acceptors (Lipinski definition) is 3. The molecule has 0 rings (SSSR count). The van der Waals surface area contributed by atoms with Crippen molar-refractivity contribution in [2.75, 3.05) is 6.61 Å². The summed E-state index contributed by atoms with van der Waals surface area (Å²) >= 11 is 0. The molecular weight excluding hydrogens is 434 g/mol. The number of nitrogens with one attached hydrogen (secondary N) is 1. The quantitative estimate of drug-likeness (QED) is 0.123. The summed E-state index contributed by atoms with van der Waals surface area (Å²) in [4.78, 5) is 12.2. The molecule has 0 heterocycles. The lowest BCUT2D eigenvalue weighted by Gasteiger charge is -2.19. The number of alkyl carbamates (subject to hydrolysis) is 1. The van der Waals surface area contributed by atoms with Gasteiger partial charge in [0.05, 0.1) is 6.10 Å². The second-order valence-corrected chi connectivity index (χ2v) is 11.7. The van der Waals surface area contributed by atoms with Crippen LogP contribution in [0.1, 0.15) is 163 Å². The molecule has 0 aromatic rings. The number of aliphatic hydroxyl groups excluding tert-OH is 1. The van der Waals surface area contributed by atoms with Gasteiger partial charge in [-0.1, -0.05) is 144 Å². The number of unbranched alkanes of at least 4 members (excludes halogenated alkanes) is 13. The highest BCUT2D eigenvalue weighted by Gasteiger charge is 2.14. The van der Waals surface area contributed by atoms with Crippen molar-refractivity contribution in [2.24, 2.45) is 11.8 Å². The van der Waals surface area contributed by atoms with Crippen LogP contribution >= 0.6 is 0 Å². The van der Waals surface area contributed by atoms with Crippen molar-refractivity contribution in [3.05, 3.63) is 0 Å². The average molecular weight is 498 g/mol. The molecule has 4 heteroatoms. The third-order valence-electron chi connectivity index (χ3n) is 7.12. The van der Waals surface area contributed by atoms with E-state index in [1.165, 1.54) is 109 Å². The maximum Gasteiger partial charge on any atom is 0.407 e. The Hall–Kier alpha value is -0.770. The van der Waals surface area contributed by atoms with E-state index in [-0.39, 0.29) is 18.7 Å². The number of aliphatic hydroxyl groups is 1. The molecule has 2 unspecified atom stereocenters. The largest absolute Gasteiger partial charge is 0.447 e. The smallest absolute Gasteiger partial charge is 0.407 e. The minimum Gasteiger partial charge on any atom is -0.447 e. The number of rotatable bonds is 25. The first kappa shape index (κ1) is 34.2. The van der Waals surface area contributed by atoms with E-state index >= 15 is 0 Å². The molecule has 4 nitrogen and oxygen atoms in total. The monoisotopic (exact) mass is 497 g/mol. The predicted octanol–water partition coefficient (Wildman–Crippen LogP) is 9.58. The van der Waals surface area contributed by atoms with Gasteiger partial charge >= 0.3 is 6.09 Å². The Bertz CT molecular complexity index is 453. The molecular formula is C31H63NO3. The minimum absolute atomic E-state index is 0.0863. The maximum absolute atomic E-state index is 12.2. The van der Waals surface area contributed by atoms with Crippen LogP contribution in [-0.4, -0.2) is 30.0 Å². The Morgan fingerprint density at radius 2 is 0.971 bits per heavy atom. The minimum atomic E-state index is -0.565. The Balaban J connectivity index is 4.03. The van der Waals surface area contributed by atoms with Gasteiger partial charge in [0.2, 0.25) is 0 Å². The molecule has 2 N–H and O–H groups in total. The first-order valence-corrected chi connectivity index (χ1v) is 15.5. The highest BCUT2D eigenvalue weighted by atomic mass is 16.6. The zero-order valence-electron chi connectivity index (χ0n) is 24.4. The van der Waals surface area contributed by atoms with E-state index in [0.717, 1.165) is 24.7 Å². The molecule has 210 valence electrons. The lowest BCUT2D eigenvalue weighted by molar-refractivity contribution is 0.0643. The molecule has 0 aromatic heterocycles. The predicted molar refractivity (Wildman–Crippen MR) is 152 cm³/mol. The summed E-state index contributed by atoms with van der Waals surface area (Å²) in [6, 6.07) is 0.198. The fraction of sp³-hybridized carbons (Fsp3) is 0.968. The molecule has 1 amide bonds. The highest BCUT2D eigenvalue weighted by molar-refractivity contribution is 5.67. The van der Waals surface area contributed by atoms with E-state index in [9.17, 15) is 9.90 Å². The first-order chi connectivity index (χ1) is 16.8. The van der Waals surface area contributed by atoms with Crippen LogP contribution < -0.4 is 5.32 Å². The van der Waals surface area contributed by atoms with Crippen LogP contribution in [0.4, 0.5) is 4.79 Å². The van der Waals surface area contributed by atoms with Crippen LogP contribution in [-0.2, 0) is 4.74 Å². The summed E-state index contributed by atoms with van der Waals surface area (Å²) in [6.45, 7) is 11.2. The summed E-state index contributed by atoms with van der Waals surface area (Å²) in [5.41, 5.74) is 0. The average Bonchev–Trinajstić information content (AvgIpc) is 2.81. The van der Waals surface area contributed by atoms with Gasteiger partial charge in [-0.25, -0.2) is 4.79 Å². The number of amides is 1. The molecule has 2 atom stereocenters. The molecule has 0 aliphatic heterocycles. The van der Waals surface area contributed by atoms with Crippen LogP contribution in [0.25, 0.3) is 0 Å². The van der Waals surface area contributed by atoms with Crippen LogP contribution in [0.15, 0.2) is 0 Å². The second kappa shape index (κ2) is 24.9. The third kappa shape index (κ3) is 26.1. The summed E-state index contributed by atoms with van der Waals surface area (Å²) < 4.78 is 5.23. The fourth-order valence-electron chi connectivity index (χ4n) is 4.62. The summed E-state index contributed by atoms with van der Waals surface area (Å²) in [7, 11) is 0. The van der Waals surface area contributed by atoms with Crippen molar-refractivity contribution >= 4 is 6.09 Å². The number of carbonyl (C=O) groups is 1. The van der Waals surface area contributed by atoms with Gasteiger partial charge in [-0.3, -0.25) is 0 Å². The molecule has 0 saturated carbocycles. The van der Waals surface area contributed by atoms with Crippen molar-refractivity contribution < 1.29 is 14.6 Å². The molecule has 0 fully saturated rings. The number of hydrogen-bond donors (Lipinski definition) is 2. The van der Waals surface area contributed by atoms with Crippen molar-refractivity contribution in [3.8, 4) is 0 Å². The summed E-state index contributed by atoms with van der Waals surface area (Å²) in [5, 5.41) is 12.7. The van der Waals surface area contributed by atoms with E-state index in [2.05, 4.69) is 33.0 Å². The standard InChI is InChI=1S/C31H63NO3/c1-6-30(33)26-35-31(34)32-29(25-21-17-13-9-11-15-19-23-28(4)5)24-20-16-12-8-7-10-14-18-22-27(2)3/h27-30,33H,6-26H2,1-5H3,(H,32,34). The first-order valence-electron chi connectivity index (χ1n) is 15.5. The Morgan fingerprint density at radius 1 is 0.629 bits per heavy atom. The van der Waals surface area contributed by atoms with Crippen LogP contribution in [0.2, 0.25) is 0 Å². The normalized spacial score (nSPS) is 13.4. The van der Waals surface area contributed by atoms with Gasteiger partial charge in [0.15, 0.2) is 0 Å². The van der Waals surface area contributed by atoms with Crippen molar-refractivity contribution in [3.63, 3.8) is 0 Å². The van der Waals surface area contributed by atoms with Gasteiger partial charge in [0.25, 0.3) is 0 Å². The molecule has 35 heavy (non-hydrogen) atoms. The van der Waals surface area contributed by atoms with Gasteiger partial charge < -0.3 is 15.2 Å². The number of carbonyl (C=O) groups excluding carboxylic acids is 1. The molecule has 0 aliphatic carbocycles. The SMILES string of the molecule is CCC(O)COC(=O)NC(CCCCCCCCCCC(C)C)CCCCCCCCCC(C)C. The van der Waals surface area contributed by atoms with Gasteiger partial charge in [-0.05, 0) is 31.1 Å². The van der Waals surface area contributed by atoms with Crippen molar-refractivity contribution in [2.45, 2.75) is 175 Å². The van der Waals surface area contributed by atoms with Gasteiger partial charge in [0.1, 0.15) is 6.61 Å².